The second kappa shape index (κ2) is 3.39. The largest absolute Gasteiger partial charge is 0.334 e. The Morgan fingerprint density at radius 3 is 2.47 bits per heavy atom. The molecule has 15 heavy (non-hydrogen) atoms. The molecular weight excluding hydrogens is 194 g/mol. The fourth-order valence-corrected chi connectivity index (χ4v) is 1.01. The number of aromatic nitrogens is 4. The van der Waals surface area contributed by atoms with E-state index >= 15 is 0 Å². The zero-order valence-electron chi connectivity index (χ0n) is 8.51. The van der Waals surface area contributed by atoms with Crippen LogP contribution in [-0.4, -0.2) is 20.1 Å². The standard InChI is InChI=1S/C9H11N5O/c1-9(2,10)8-13-7(15-14-8)6-3-11-5-12-4-6/h3-5H,10H2,1-2H3. The van der Waals surface area contributed by atoms with Crippen molar-refractivity contribution >= 4 is 0 Å². The molecule has 0 aliphatic carbocycles. The summed E-state index contributed by atoms with van der Waals surface area (Å²) in [5.74, 6) is 0.838. The Kier molecular flexibility index (Phi) is 2.20. The van der Waals surface area contributed by atoms with E-state index in [1.54, 1.807) is 12.4 Å². The molecular formula is C9H11N5O. The van der Waals surface area contributed by atoms with Gasteiger partial charge in [0.15, 0.2) is 5.82 Å². The molecule has 0 aromatic carbocycles. The van der Waals surface area contributed by atoms with Gasteiger partial charge in [0, 0.05) is 12.4 Å². The maximum atomic E-state index is 5.83. The van der Waals surface area contributed by atoms with Gasteiger partial charge >= 0.3 is 0 Å². The number of nitrogens with zero attached hydrogens (tertiary/aromatic N) is 4. The predicted molar refractivity (Wildman–Crippen MR) is 52.5 cm³/mol. The first-order chi connectivity index (χ1) is 7.07. The highest BCUT2D eigenvalue weighted by Crippen LogP contribution is 2.18. The highest BCUT2D eigenvalue weighted by atomic mass is 16.5. The molecule has 0 fully saturated rings. The number of rotatable bonds is 2. The van der Waals surface area contributed by atoms with Crippen LogP contribution in [0.4, 0.5) is 0 Å². The normalized spacial score (nSPS) is 11.7. The van der Waals surface area contributed by atoms with Crippen molar-refractivity contribution < 1.29 is 4.52 Å². The van der Waals surface area contributed by atoms with Gasteiger partial charge in [0.25, 0.3) is 5.89 Å². The van der Waals surface area contributed by atoms with E-state index in [9.17, 15) is 0 Å². The lowest BCUT2D eigenvalue weighted by Crippen LogP contribution is -2.30. The van der Waals surface area contributed by atoms with E-state index in [0.717, 1.165) is 0 Å². The van der Waals surface area contributed by atoms with Crippen LogP contribution in [0.1, 0.15) is 19.7 Å². The molecule has 2 aromatic heterocycles. The van der Waals surface area contributed by atoms with Crippen LogP contribution in [0.5, 0.6) is 0 Å². The Morgan fingerprint density at radius 1 is 1.27 bits per heavy atom. The quantitative estimate of drug-likeness (QED) is 0.776. The Bertz CT molecular complexity index is 445. The molecule has 6 nitrogen and oxygen atoms in total. The van der Waals surface area contributed by atoms with Crippen molar-refractivity contribution in [3.05, 3.63) is 24.5 Å². The second-order valence-electron chi connectivity index (χ2n) is 3.77. The van der Waals surface area contributed by atoms with Gasteiger partial charge in [-0.1, -0.05) is 5.16 Å². The molecule has 0 aliphatic rings. The molecule has 6 heteroatoms. The van der Waals surface area contributed by atoms with Crippen LogP contribution in [0.25, 0.3) is 11.5 Å². The van der Waals surface area contributed by atoms with Gasteiger partial charge in [-0.3, -0.25) is 0 Å². The Morgan fingerprint density at radius 2 is 1.93 bits per heavy atom. The number of nitrogens with two attached hydrogens (primary N) is 1. The van der Waals surface area contributed by atoms with Crippen molar-refractivity contribution in [1.29, 1.82) is 0 Å². The van der Waals surface area contributed by atoms with E-state index in [4.69, 9.17) is 10.3 Å². The summed E-state index contributed by atoms with van der Waals surface area (Å²) in [7, 11) is 0. The van der Waals surface area contributed by atoms with Crippen LogP contribution in [-0.2, 0) is 5.54 Å². The van der Waals surface area contributed by atoms with Crippen LogP contribution in [0.3, 0.4) is 0 Å². The lowest BCUT2D eigenvalue weighted by molar-refractivity contribution is 0.397. The van der Waals surface area contributed by atoms with Gasteiger partial charge in [-0.25, -0.2) is 9.97 Å². The van der Waals surface area contributed by atoms with E-state index < -0.39 is 5.54 Å². The first-order valence-electron chi connectivity index (χ1n) is 4.46. The van der Waals surface area contributed by atoms with Gasteiger partial charge in [0.2, 0.25) is 0 Å². The van der Waals surface area contributed by atoms with Gasteiger partial charge in [0.05, 0.1) is 11.1 Å². The van der Waals surface area contributed by atoms with E-state index in [2.05, 4.69) is 20.1 Å². The Labute approximate surface area is 86.5 Å². The molecule has 0 saturated heterocycles. The topological polar surface area (TPSA) is 90.7 Å². The second-order valence-corrected chi connectivity index (χ2v) is 3.77. The average molecular weight is 205 g/mol. The third-order valence-electron chi connectivity index (χ3n) is 1.81. The summed E-state index contributed by atoms with van der Waals surface area (Å²) in [5, 5.41) is 3.80. The molecule has 0 atom stereocenters. The SMILES string of the molecule is CC(C)(N)c1noc(-c2cncnc2)n1. The molecule has 0 saturated carbocycles. The number of hydrogen-bond donors (Lipinski definition) is 1. The van der Waals surface area contributed by atoms with Gasteiger partial charge in [-0.2, -0.15) is 4.98 Å². The van der Waals surface area contributed by atoms with E-state index in [1.165, 1.54) is 6.33 Å². The average Bonchev–Trinajstić information content (AvgIpc) is 2.67. The monoisotopic (exact) mass is 205 g/mol. The van der Waals surface area contributed by atoms with Crippen LogP contribution in [0.2, 0.25) is 0 Å². The summed E-state index contributed by atoms with van der Waals surface area (Å²) >= 11 is 0. The fourth-order valence-electron chi connectivity index (χ4n) is 1.01. The third-order valence-corrected chi connectivity index (χ3v) is 1.81. The minimum absolute atomic E-state index is 0.379. The summed E-state index contributed by atoms with van der Waals surface area (Å²) < 4.78 is 5.06. The van der Waals surface area contributed by atoms with Crippen LogP contribution >= 0.6 is 0 Å². The van der Waals surface area contributed by atoms with Gasteiger partial charge < -0.3 is 10.3 Å². The molecule has 0 radical (unpaired) electrons. The molecule has 0 aliphatic heterocycles. The van der Waals surface area contributed by atoms with Gasteiger partial charge in [-0.15, -0.1) is 0 Å². The smallest absolute Gasteiger partial charge is 0.261 e. The van der Waals surface area contributed by atoms with Crippen LogP contribution < -0.4 is 5.73 Å². The maximum Gasteiger partial charge on any atom is 0.261 e. The van der Waals surface area contributed by atoms with E-state index in [1.807, 2.05) is 13.8 Å². The van der Waals surface area contributed by atoms with Crippen LogP contribution in [0.15, 0.2) is 23.2 Å². The van der Waals surface area contributed by atoms with Crippen molar-refractivity contribution in [3.8, 4) is 11.5 Å². The van der Waals surface area contributed by atoms with Crippen molar-refractivity contribution in [2.75, 3.05) is 0 Å². The molecule has 0 amide bonds. The van der Waals surface area contributed by atoms with E-state index in [0.29, 0.717) is 17.3 Å². The summed E-state index contributed by atoms with van der Waals surface area (Å²) in [5.41, 5.74) is 5.90. The summed E-state index contributed by atoms with van der Waals surface area (Å²) in [6.45, 7) is 3.62. The minimum atomic E-state index is -0.614. The van der Waals surface area contributed by atoms with Crippen LogP contribution in [0, 0.1) is 0 Å². The molecule has 78 valence electrons. The zero-order chi connectivity index (χ0) is 10.9. The Hall–Kier alpha value is -1.82. The van der Waals surface area contributed by atoms with E-state index in [-0.39, 0.29) is 0 Å². The van der Waals surface area contributed by atoms with Crippen molar-refractivity contribution in [2.24, 2.45) is 5.73 Å². The maximum absolute atomic E-state index is 5.83. The Balaban J connectivity index is 2.37. The molecule has 2 rings (SSSR count). The molecule has 0 spiro atoms. The van der Waals surface area contributed by atoms with Crippen molar-refractivity contribution in [3.63, 3.8) is 0 Å². The summed E-state index contributed by atoms with van der Waals surface area (Å²) in [4.78, 5) is 11.9. The minimum Gasteiger partial charge on any atom is -0.334 e. The highest BCUT2D eigenvalue weighted by molar-refractivity contribution is 5.48. The molecule has 2 aromatic rings. The lowest BCUT2D eigenvalue weighted by atomic mass is 10.1. The third kappa shape index (κ3) is 1.99. The van der Waals surface area contributed by atoms with Gasteiger partial charge in [-0.05, 0) is 13.8 Å². The summed E-state index contributed by atoms with van der Waals surface area (Å²) in [6, 6.07) is 0. The first kappa shape index (κ1) is 9.72. The predicted octanol–water partition coefficient (Wildman–Crippen LogP) is 0.720. The molecule has 0 unspecified atom stereocenters. The molecule has 2 N–H and O–H groups in total. The lowest BCUT2D eigenvalue weighted by Gasteiger charge is -2.11. The van der Waals surface area contributed by atoms with Crippen molar-refractivity contribution in [2.45, 2.75) is 19.4 Å². The zero-order valence-corrected chi connectivity index (χ0v) is 8.51. The van der Waals surface area contributed by atoms with Crippen molar-refractivity contribution in [1.82, 2.24) is 20.1 Å². The molecule has 0 bridgehead atoms. The molecule has 2 heterocycles. The fraction of sp³-hybridized carbons (Fsp3) is 0.333. The van der Waals surface area contributed by atoms with Gasteiger partial charge in [0.1, 0.15) is 6.33 Å². The summed E-state index contributed by atoms with van der Waals surface area (Å²) in [6.07, 6.45) is 4.65. The first-order valence-corrected chi connectivity index (χ1v) is 4.46. The highest BCUT2D eigenvalue weighted by Gasteiger charge is 2.21. The number of hydrogen-bond acceptors (Lipinski definition) is 6.